The largest absolute Gasteiger partial charge is 0.393 e. The van der Waals surface area contributed by atoms with Gasteiger partial charge in [0, 0.05) is 31.6 Å². The molecule has 2 amide bonds. The fraction of sp³-hybridized carbons (Fsp3) is 0.708. The lowest BCUT2D eigenvalue weighted by Gasteiger charge is -2.41. The molecule has 168 valence electrons. The number of hydrogen-bond acceptors (Lipinski definition) is 5. The van der Waals surface area contributed by atoms with Crippen molar-refractivity contribution >= 4 is 23.3 Å². The van der Waals surface area contributed by atoms with Gasteiger partial charge in [-0.3, -0.25) is 9.59 Å². The minimum Gasteiger partial charge on any atom is -0.393 e. The Morgan fingerprint density at radius 2 is 1.87 bits per heavy atom. The lowest BCUT2D eigenvalue weighted by molar-refractivity contribution is -0.139. The number of carbonyl (C=O) groups excluding carboxylic acids is 2. The van der Waals surface area contributed by atoms with E-state index in [-0.39, 0.29) is 23.3 Å². The van der Waals surface area contributed by atoms with Crippen LogP contribution in [0.3, 0.4) is 0 Å². The molecule has 1 atom stereocenters. The Labute approximate surface area is 184 Å². The van der Waals surface area contributed by atoms with Gasteiger partial charge in [0.15, 0.2) is 0 Å². The van der Waals surface area contributed by atoms with Crippen molar-refractivity contribution in [3.63, 3.8) is 0 Å². The van der Waals surface area contributed by atoms with E-state index in [0.717, 1.165) is 95.3 Å². The molecule has 4 fully saturated rings. The molecular weight excluding hydrogens is 392 g/mol. The predicted molar refractivity (Wildman–Crippen MR) is 119 cm³/mol. The SMILES string of the molecule is O=C(Nc1ccc(N2CCC[C@]3(CCN([C@H]4CC[C@H](O)CC4)C3=O)C2)nc1)C1CCC1. The molecule has 3 heterocycles. The summed E-state index contributed by atoms with van der Waals surface area (Å²) in [5.41, 5.74) is 0.447. The standard InChI is InChI=1S/C24H34N4O3/c29-20-8-6-19(7-9-20)28-14-12-24(23(28)31)11-2-13-27(16-24)21-10-5-18(15-25-21)26-22(30)17-3-1-4-17/h5,10,15,17,19-20,29H,1-4,6-9,11-14,16H2,(H,26,30)/t19-,20-,24-/m0/s1. The molecule has 0 aromatic carbocycles. The normalized spacial score (nSPS) is 31.7. The molecule has 2 aliphatic heterocycles. The maximum atomic E-state index is 13.5. The zero-order valence-electron chi connectivity index (χ0n) is 18.3. The highest BCUT2D eigenvalue weighted by molar-refractivity contribution is 5.93. The maximum absolute atomic E-state index is 13.5. The van der Waals surface area contributed by atoms with E-state index in [1.54, 1.807) is 6.20 Å². The van der Waals surface area contributed by atoms with Crippen molar-refractivity contribution in [2.75, 3.05) is 29.9 Å². The Morgan fingerprint density at radius 3 is 2.55 bits per heavy atom. The smallest absolute Gasteiger partial charge is 0.230 e. The van der Waals surface area contributed by atoms with Crippen LogP contribution in [0.1, 0.15) is 64.2 Å². The monoisotopic (exact) mass is 426 g/mol. The number of piperidine rings is 1. The molecule has 1 spiro atoms. The average molecular weight is 427 g/mol. The lowest BCUT2D eigenvalue weighted by Crippen LogP contribution is -2.50. The number of aromatic nitrogens is 1. The van der Waals surface area contributed by atoms with E-state index in [1.165, 1.54) is 0 Å². The summed E-state index contributed by atoms with van der Waals surface area (Å²) in [4.78, 5) is 34.6. The van der Waals surface area contributed by atoms with Gasteiger partial charge < -0.3 is 20.2 Å². The number of anilines is 2. The van der Waals surface area contributed by atoms with Crippen LogP contribution in [0.15, 0.2) is 18.3 Å². The zero-order chi connectivity index (χ0) is 21.4. The topological polar surface area (TPSA) is 85.8 Å². The van der Waals surface area contributed by atoms with Gasteiger partial charge in [0.1, 0.15) is 5.82 Å². The molecule has 0 radical (unpaired) electrons. The van der Waals surface area contributed by atoms with Gasteiger partial charge in [0.25, 0.3) is 0 Å². The van der Waals surface area contributed by atoms with Crippen molar-refractivity contribution in [3.05, 3.63) is 18.3 Å². The van der Waals surface area contributed by atoms with Crippen molar-refractivity contribution in [1.82, 2.24) is 9.88 Å². The molecule has 7 nitrogen and oxygen atoms in total. The molecule has 0 unspecified atom stereocenters. The highest BCUT2D eigenvalue weighted by Gasteiger charge is 2.50. The summed E-state index contributed by atoms with van der Waals surface area (Å²) in [5, 5.41) is 12.8. The van der Waals surface area contributed by atoms with E-state index in [0.29, 0.717) is 11.9 Å². The number of hydrogen-bond donors (Lipinski definition) is 2. The first-order chi connectivity index (χ1) is 15.0. The van der Waals surface area contributed by atoms with Gasteiger partial charge in [-0.25, -0.2) is 4.98 Å². The summed E-state index contributed by atoms with van der Waals surface area (Å²) in [5.74, 6) is 1.45. The predicted octanol–water partition coefficient (Wildman–Crippen LogP) is 2.94. The van der Waals surface area contributed by atoms with Crippen LogP contribution in [0.4, 0.5) is 11.5 Å². The first-order valence-electron chi connectivity index (χ1n) is 12.1. The van der Waals surface area contributed by atoms with E-state index in [2.05, 4.69) is 20.1 Å². The molecule has 1 aromatic rings. The summed E-state index contributed by atoms with van der Waals surface area (Å²) < 4.78 is 0. The second-order valence-corrected chi connectivity index (χ2v) is 10.0. The van der Waals surface area contributed by atoms with Crippen LogP contribution in [-0.4, -0.2) is 58.6 Å². The number of nitrogens with one attached hydrogen (secondary N) is 1. The van der Waals surface area contributed by atoms with Gasteiger partial charge in [-0.2, -0.15) is 0 Å². The number of likely N-dealkylation sites (tertiary alicyclic amines) is 1. The Bertz CT molecular complexity index is 817. The van der Waals surface area contributed by atoms with E-state index < -0.39 is 0 Å². The van der Waals surface area contributed by atoms with Crippen molar-refractivity contribution in [2.24, 2.45) is 11.3 Å². The van der Waals surface area contributed by atoms with Gasteiger partial charge in [-0.05, 0) is 69.9 Å². The molecule has 2 aliphatic carbocycles. The molecule has 5 rings (SSSR count). The molecule has 2 saturated carbocycles. The molecular formula is C24H34N4O3. The number of carbonyl (C=O) groups is 2. The van der Waals surface area contributed by atoms with E-state index >= 15 is 0 Å². The van der Waals surface area contributed by atoms with Gasteiger partial charge in [-0.1, -0.05) is 6.42 Å². The van der Waals surface area contributed by atoms with Crippen LogP contribution in [0.2, 0.25) is 0 Å². The van der Waals surface area contributed by atoms with Crippen molar-refractivity contribution < 1.29 is 14.7 Å². The Hall–Kier alpha value is -2.15. The molecule has 2 N–H and O–H groups in total. The van der Waals surface area contributed by atoms with Crippen LogP contribution >= 0.6 is 0 Å². The summed E-state index contributed by atoms with van der Waals surface area (Å²) in [6.07, 6.45) is 11.0. The van der Waals surface area contributed by atoms with Crippen LogP contribution in [0, 0.1) is 11.3 Å². The average Bonchev–Trinajstić information content (AvgIpc) is 3.03. The van der Waals surface area contributed by atoms with Crippen LogP contribution < -0.4 is 10.2 Å². The minimum absolute atomic E-state index is 0.101. The third kappa shape index (κ3) is 4.04. The third-order valence-corrected chi connectivity index (χ3v) is 8.05. The number of aliphatic hydroxyl groups excluding tert-OH is 1. The van der Waals surface area contributed by atoms with Gasteiger partial charge in [0.2, 0.25) is 11.8 Å². The first-order valence-corrected chi connectivity index (χ1v) is 12.1. The van der Waals surface area contributed by atoms with Crippen molar-refractivity contribution in [1.29, 1.82) is 0 Å². The van der Waals surface area contributed by atoms with Crippen LogP contribution in [0.5, 0.6) is 0 Å². The molecule has 4 aliphatic rings. The van der Waals surface area contributed by atoms with Crippen molar-refractivity contribution in [2.45, 2.75) is 76.4 Å². The number of rotatable bonds is 4. The number of amides is 2. The molecule has 1 aromatic heterocycles. The summed E-state index contributed by atoms with van der Waals surface area (Å²) in [7, 11) is 0. The molecule has 0 bridgehead atoms. The van der Waals surface area contributed by atoms with E-state index in [4.69, 9.17) is 0 Å². The van der Waals surface area contributed by atoms with Crippen molar-refractivity contribution in [3.8, 4) is 0 Å². The van der Waals surface area contributed by atoms with Gasteiger partial charge in [0.05, 0.1) is 23.4 Å². The Kier molecular flexibility index (Phi) is 5.63. The number of aliphatic hydroxyl groups is 1. The highest BCUT2D eigenvalue weighted by atomic mass is 16.3. The summed E-state index contributed by atoms with van der Waals surface area (Å²) in [6.45, 7) is 2.47. The second kappa shape index (κ2) is 8.41. The minimum atomic E-state index is -0.299. The molecule has 31 heavy (non-hydrogen) atoms. The van der Waals surface area contributed by atoms with Crippen LogP contribution in [-0.2, 0) is 9.59 Å². The molecule has 2 saturated heterocycles. The maximum Gasteiger partial charge on any atom is 0.230 e. The number of pyridine rings is 1. The highest BCUT2D eigenvalue weighted by Crippen LogP contribution is 2.43. The van der Waals surface area contributed by atoms with E-state index in [9.17, 15) is 14.7 Å². The number of nitrogens with zero attached hydrogens (tertiary/aromatic N) is 3. The van der Waals surface area contributed by atoms with Gasteiger partial charge in [-0.15, -0.1) is 0 Å². The summed E-state index contributed by atoms with van der Waals surface area (Å²) >= 11 is 0. The lowest BCUT2D eigenvalue weighted by atomic mass is 9.78. The first kappa shape index (κ1) is 20.7. The fourth-order valence-corrected chi connectivity index (χ4v) is 5.83. The van der Waals surface area contributed by atoms with E-state index in [1.807, 2.05) is 12.1 Å². The quantitative estimate of drug-likeness (QED) is 0.773. The van der Waals surface area contributed by atoms with Gasteiger partial charge >= 0.3 is 0 Å². The molecule has 7 heteroatoms. The Balaban J connectivity index is 1.23. The van der Waals surface area contributed by atoms with Crippen LogP contribution in [0.25, 0.3) is 0 Å². The zero-order valence-corrected chi connectivity index (χ0v) is 18.3. The second-order valence-electron chi connectivity index (χ2n) is 10.0. The third-order valence-electron chi connectivity index (χ3n) is 8.05. The Morgan fingerprint density at radius 1 is 1.06 bits per heavy atom. The fourth-order valence-electron chi connectivity index (χ4n) is 5.83. The summed E-state index contributed by atoms with van der Waals surface area (Å²) in [6, 6.07) is 4.19.